The highest BCUT2D eigenvalue weighted by Gasteiger charge is 2.18. The van der Waals surface area contributed by atoms with Crippen LogP contribution in [0.3, 0.4) is 0 Å². The molecule has 1 unspecified atom stereocenters. The van der Waals surface area contributed by atoms with Crippen molar-refractivity contribution in [2.75, 3.05) is 5.32 Å². The van der Waals surface area contributed by atoms with Gasteiger partial charge in [0.1, 0.15) is 5.75 Å². The summed E-state index contributed by atoms with van der Waals surface area (Å²) in [5.41, 5.74) is 6.79. The maximum atomic E-state index is 12.3. The summed E-state index contributed by atoms with van der Waals surface area (Å²) in [4.78, 5) is 23.6. The fourth-order valence-electron chi connectivity index (χ4n) is 2.06. The first-order valence-corrected chi connectivity index (χ1v) is 7.39. The van der Waals surface area contributed by atoms with Gasteiger partial charge >= 0.3 is 0 Å². The number of nitrogens with one attached hydrogen (secondary N) is 1. The molecule has 120 valence electrons. The average Bonchev–Trinajstić information content (AvgIpc) is 2.51. The van der Waals surface area contributed by atoms with Gasteiger partial charge in [0.15, 0.2) is 6.10 Å². The summed E-state index contributed by atoms with van der Waals surface area (Å²) < 4.78 is 5.56. The number of anilines is 1. The Bertz CT molecular complexity index is 746. The van der Waals surface area contributed by atoms with Crippen molar-refractivity contribution < 1.29 is 14.3 Å². The monoisotopic (exact) mass is 332 g/mol. The van der Waals surface area contributed by atoms with Crippen molar-refractivity contribution >= 4 is 29.1 Å². The molecule has 5 nitrogen and oxygen atoms in total. The third-order valence-corrected chi connectivity index (χ3v) is 3.68. The van der Waals surface area contributed by atoms with Crippen molar-refractivity contribution in [3.8, 4) is 5.75 Å². The van der Waals surface area contributed by atoms with E-state index in [9.17, 15) is 9.59 Å². The number of amides is 2. The maximum Gasteiger partial charge on any atom is 0.265 e. The number of para-hydroxylation sites is 1. The van der Waals surface area contributed by atoms with E-state index in [2.05, 4.69) is 5.32 Å². The van der Waals surface area contributed by atoms with E-state index in [-0.39, 0.29) is 5.91 Å². The Morgan fingerprint density at radius 2 is 1.87 bits per heavy atom. The number of rotatable bonds is 5. The minimum atomic E-state index is -0.758. The summed E-state index contributed by atoms with van der Waals surface area (Å²) in [6, 6.07) is 11.9. The predicted molar refractivity (Wildman–Crippen MR) is 89.9 cm³/mol. The highest BCUT2D eigenvalue weighted by molar-refractivity contribution is 6.32. The van der Waals surface area contributed by atoms with E-state index in [1.807, 2.05) is 0 Å². The molecule has 0 saturated heterocycles. The van der Waals surface area contributed by atoms with E-state index < -0.39 is 12.0 Å². The number of carbonyl (C=O) groups is 2. The molecule has 0 radical (unpaired) electrons. The number of ether oxygens (including phenoxy) is 1. The standard InChI is InChI=1S/C17H17ClN2O3/c1-10-12(16(19)21)6-5-8-14(10)20-17(22)11(2)23-15-9-4-3-7-13(15)18/h3-9,11H,1-2H3,(H2,19,21)(H,20,22). The molecule has 0 aliphatic heterocycles. The van der Waals surface area contributed by atoms with Gasteiger partial charge in [-0.05, 0) is 43.7 Å². The smallest absolute Gasteiger partial charge is 0.265 e. The Morgan fingerprint density at radius 3 is 2.52 bits per heavy atom. The molecule has 0 bridgehead atoms. The lowest BCUT2D eigenvalue weighted by atomic mass is 10.1. The van der Waals surface area contributed by atoms with Gasteiger partial charge in [0.25, 0.3) is 5.91 Å². The van der Waals surface area contributed by atoms with Crippen LogP contribution in [0.4, 0.5) is 5.69 Å². The predicted octanol–water partition coefficient (Wildman–Crippen LogP) is 3.15. The van der Waals surface area contributed by atoms with Gasteiger partial charge < -0.3 is 15.8 Å². The van der Waals surface area contributed by atoms with Crippen molar-refractivity contribution in [2.45, 2.75) is 20.0 Å². The van der Waals surface area contributed by atoms with Crippen LogP contribution in [0.25, 0.3) is 0 Å². The van der Waals surface area contributed by atoms with Gasteiger partial charge in [-0.3, -0.25) is 9.59 Å². The minimum absolute atomic E-state index is 0.352. The van der Waals surface area contributed by atoms with Crippen molar-refractivity contribution in [1.29, 1.82) is 0 Å². The van der Waals surface area contributed by atoms with Gasteiger partial charge in [-0.2, -0.15) is 0 Å². The van der Waals surface area contributed by atoms with Gasteiger partial charge in [-0.15, -0.1) is 0 Å². The summed E-state index contributed by atoms with van der Waals surface area (Å²) in [5.74, 6) is -0.465. The fraction of sp³-hybridized carbons (Fsp3) is 0.176. The molecule has 0 aliphatic carbocycles. The molecule has 0 spiro atoms. The molecule has 2 aromatic carbocycles. The normalized spacial score (nSPS) is 11.6. The number of hydrogen-bond donors (Lipinski definition) is 2. The average molecular weight is 333 g/mol. The highest BCUT2D eigenvalue weighted by Crippen LogP contribution is 2.25. The summed E-state index contributed by atoms with van der Waals surface area (Å²) >= 11 is 6.01. The van der Waals surface area contributed by atoms with Gasteiger partial charge in [-0.1, -0.05) is 29.8 Å². The third-order valence-electron chi connectivity index (χ3n) is 3.37. The van der Waals surface area contributed by atoms with Crippen LogP contribution >= 0.6 is 11.6 Å². The lowest BCUT2D eigenvalue weighted by molar-refractivity contribution is -0.122. The second-order valence-corrected chi connectivity index (χ2v) is 5.43. The summed E-state index contributed by atoms with van der Waals surface area (Å²) in [7, 11) is 0. The summed E-state index contributed by atoms with van der Waals surface area (Å²) in [6.45, 7) is 3.33. The molecule has 0 aliphatic rings. The number of carbonyl (C=O) groups excluding carboxylic acids is 2. The Morgan fingerprint density at radius 1 is 1.17 bits per heavy atom. The van der Waals surface area contributed by atoms with Crippen LogP contribution < -0.4 is 15.8 Å². The number of benzene rings is 2. The van der Waals surface area contributed by atoms with E-state index in [1.165, 1.54) is 0 Å². The maximum absolute atomic E-state index is 12.3. The lowest BCUT2D eigenvalue weighted by Gasteiger charge is -2.17. The second-order valence-electron chi connectivity index (χ2n) is 5.02. The Labute approximate surface area is 139 Å². The van der Waals surface area contributed by atoms with Crippen LogP contribution in [-0.4, -0.2) is 17.9 Å². The molecule has 3 N–H and O–H groups in total. The Balaban J connectivity index is 2.12. The Hall–Kier alpha value is -2.53. The van der Waals surface area contributed by atoms with Gasteiger partial charge in [0, 0.05) is 11.3 Å². The van der Waals surface area contributed by atoms with Crippen LogP contribution in [0.5, 0.6) is 5.75 Å². The summed E-state index contributed by atoms with van der Waals surface area (Å²) in [6.07, 6.45) is -0.758. The van der Waals surface area contributed by atoms with Gasteiger partial charge in [0.2, 0.25) is 5.91 Å². The summed E-state index contributed by atoms with van der Waals surface area (Å²) in [5, 5.41) is 3.16. The molecular weight excluding hydrogens is 316 g/mol. The molecule has 0 heterocycles. The zero-order valence-corrected chi connectivity index (χ0v) is 13.6. The number of primary amides is 1. The van der Waals surface area contributed by atoms with Crippen molar-refractivity contribution in [3.05, 3.63) is 58.6 Å². The first kappa shape index (κ1) is 16.8. The SMILES string of the molecule is Cc1c(NC(=O)C(C)Oc2ccccc2Cl)cccc1C(N)=O. The lowest BCUT2D eigenvalue weighted by Crippen LogP contribution is -2.30. The highest BCUT2D eigenvalue weighted by atomic mass is 35.5. The zero-order valence-electron chi connectivity index (χ0n) is 12.8. The third kappa shape index (κ3) is 4.02. The number of halogens is 1. The zero-order chi connectivity index (χ0) is 17.0. The van der Waals surface area contributed by atoms with Crippen molar-refractivity contribution in [3.63, 3.8) is 0 Å². The largest absolute Gasteiger partial charge is 0.479 e. The first-order chi connectivity index (χ1) is 10.9. The number of nitrogens with two attached hydrogens (primary N) is 1. The number of hydrogen-bond acceptors (Lipinski definition) is 3. The van der Waals surface area contributed by atoms with E-state index in [0.29, 0.717) is 27.6 Å². The van der Waals surface area contributed by atoms with Crippen LogP contribution in [0.1, 0.15) is 22.8 Å². The fourth-order valence-corrected chi connectivity index (χ4v) is 2.24. The van der Waals surface area contributed by atoms with Crippen LogP contribution in [-0.2, 0) is 4.79 Å². The molecule has 6 heteroatoms. The van der Waals surface area contributed by atoms with Crippen LogP contribution in [0.15, 0.2) is 42.5 Å². The molecule has 2 aromatic rings. The van der Waals surface area contributed by atoms with E-state index in [4.69, 9.17) is 22.1 Å². The Kier molecular flexibility index (Phi) is 5.24. The van der Waals surface area contributed by atoms with Crippen molar-refractivity contribution in [2.24, 2.45) is 5.73 Å². The topological polar surface area (TPSA) is 81.4 Å². The molecule has 0 fully saturated rings. The van der Waals surface area contributed by atoms with Crippen LogP contribution in [0.2, 0.25) is 5.02 Å². The molecular formula is C17H17ClN2O3. The molecule has 0 aromatic heterocycles. The molecule has 2 amide bonds. The van der Waals surface area contributed by atoms with Crippen molar-refractivity contribution in [1.82, 2.24) is 0 Å². The van der Waals surface area contributed by atoms with Gasteiger partial charge in [-0.25, -0.2) is 0 Å². The van der Waals surface area contributed by atoms with Gasteiger partial charge in [0.05, 0.1) is 5.02 Å². The van der Waals surface area contributed by atoms with Crippen LogP contribution in [0, 0.1) is 6.92 Å². The molecule has 0 saturated carbocycles. The second kappa shape index (κ2) is 7.15. The minimum Gasteiger partial charge on any atom is -0.479 e. The molecule has 1 atom stereocenters. The first-order valence-electron chi connectivity index (χ1n) is 7.01. The van der Waals surface area contributed by atoms with E-state index in [1.54, 1.807) is 56.3 Å². The molecule has 23 heavy (non-hydrogen) atoms. The molecule has 2 rings (SSSR count). The van der Waals surface area contributed by atoms with E-state index >= 15 is 0 Å². The quantitative estimate of drug-likeness (QED) is 0.882. The van der Waals surface area contributed by atoms with E-state index in [0.717, 1.165) is 0 Å².